The average molecular weight is 419 g/mol. The summed E-state index contributed by atoms with van der Waals surface area (Å²) < 4.78 is 11.1. The highest BCUT2D eigenvalue weighted by Gasteiger charge is 2.19. The third kappa shape index (κ3) is 5.87. The minimum absolute atomic E-state index is 0.149. The van der Waals surface area contributed by atoms with Crippen LogP contribution < -0.4 is 14.8 Å². The van der Waals surface area contributed by atoms with Gasteiger partial charge in [0.15, 0.2) is 11.5 Å². The fraction of sp³-hybridized carbons (Fsp3) is 0.364. The number of hydrogen-bond donors (Lipinski definition) is 1. The summed E-state index contributed by atoms with van der Waals surface area (Å²) in [6.45, 7) is 3.00. The maximum atomic E-state index is 12.9. The van der Waals surface area contributed by atoms with Crippen molar-refractivity contribution in [1.82, 2.24) is 10.2 Å². The second kappa shape index (κ2) is 10.7. The summed E-state index contributed by atoms with van der Waals surface area (Å²) in [5, 5.41) is 2.92. The van der Waals surface area contributed by atoms with Gasteiger partial charge in [-0.25, -0.2) is 0 Å². The lowest BCUT2D eigenvalue weighted by Crippen LogP contribution is -2.26. The molecule has 0 saturated heterocycles. The minimum atomic E-state index is -0.194. The average Bonchev–Trinajstić information content (AvgIpc) is 2.73. The van der Waals surface area contributed by atoms with E-state index in [9.17, 15) is 9.59 Å². The molecule has 0 saturated carbocycles. The number of carbonyl (C=O) groups excluding carboxylic acids is 2. The van der Waals surface area contributed by atoms with Gasteiger partial charge in [0.05, 0.1) is 18.7 Å². The maximum Gasteiger partial charge on any atom is 0.254 e. The molecule has 0 fully saturated rings. The molecule has 0 atom stereocenters. The molecule has 1 N–H and O–H groups in total. The molecule has 7 heteroatoms. The number of nitrogens with zero attached hydrogens (tertiary/aromatic N) is 1. The van der Waals surface area contributed by atoms with Gasteiger partial charge in [0, 0.05) is 31.8 Å². The Kier molecular flexibility index (Phi) is 8.34. The zero-order valence-electron chi connectivity index (χ0n) is 17.3. The largest absolute Gasteiger partial charge is 0.493 e. The first-order valence-electron chi connectivity index (χ1n) is 9.48. The standard InChI is InChI=1S/C22H27ClN2O4/c1-5-6-11-29-20-18(23)12-17(13-19(20)28-4)22(27)25(3)14-15-7-9-16(10-8-15)21(26)24-2/h7-10,12-13H,5-6,11,14H2,1-4H3,(H,24,26). The molecule has 2 rings (SSSR count). The zero-order chi connectivity index (χ0) is 21.4. The van der Waals surface area contributed by atoms with Crippen LogP contribution in [0, 0.1) is 0 Å². The predicted molar refractivity (Wildman–Crippen MR) is 114 cm³/mol. The van der Waals surface area contributed by atoms with Crippen molar-refractivity contribution in [2.75, 3.05) is 27.8 Å². The van der Waals surface area contributed by atoms with E-state index in [1.807, 2.05) is 12.1 Å². The topological polar surface area (TPSA) is 67.9 Å². The number of benzene rings is 2. The molecule has 0 aliphatic rings. The van der Waals surface area contributed by atoms with Gasteiger partial charge < -0.3 is 19.7 Å². The highest BCUT2D eigenvalue weighted by molar-refractivity contribution is 6.32. The summed E-state index contributed by atoms with van der Waals surface area (Å²) in [5.74, 6) is 0.538. The van der Waals surface area contributed by atoms with Crippen LogP contribution in [0.15, 0.2) is 36.4 Å². The quantitative estimate of drug-likeness (QED) is 0.621. The van der Waals surface area contributed by atoms with E-state index in [-0.39, 0.29) is 11.8 Å². The first kappa shape index (κ1) is 22.6. The summed E-state index contributed by atoms with van der Waals surface area (Å²) >= 11 is 6.35. The van der Waals surface area contributed by atoms with Crippen molar-refractivity contribution in [3.05, 3.63) is 58.1 Å². The van der Waals surface area contributed by atoms with E-state index in [1.165, 1.54) is 7.11 Å². The van der Waals surface area contributed by atoms with Crippen LogP contribution >= 0.6 is 11.6 Å². The van der Waals surface area contributed by atoms with Gasteiger partial charge in [-0.15, -0.1) is 0 Å². The number of rotatable bonds is 9. The number of nitrogens with one attached hydrogen (secondary N) is 1. The Morgan fingerprint density at radius 1 is 1.14 bits per heavy atom. The highest BCUT2D eigenvalue weighted by atomic mass is 35.5. The van der Waals surface area contributed by atoms with E-state index in [0.717, 1.165) is 18.4 Å². The molecule has 0 unspecified atom stereocenters. The predicted octanol–water partition coefficient (Wildman–Crippen LogP) is 4.16. The zero-order valence-corrected chi connectivity index (χ0v) is 18.0. The van der Waals surface area contributed by atoms with Crippen LogP contribution in [0.1, 0.15) is 46.0 Å². The fourth-order valence-electron chi connectivity index (χ4n) is 2.77. The Labute approximate surface area is 176 Å². The Balaban J connectivity index is 2.14. The number of methoxy groups -OCH3 is 1. The lowest BCUT2D eigenvalue weighted by molar-refractivity contribution is 0.0784. The van der Waals surface area contributed by atoms with E-state index in [4.69, 9.17) is 21.1 Å². The van der Waals surface area contributed by atoms with E-state index in [0.29, 0.717) is 40.8 Å². The molecule has 0 heterocycles. The lowest BCUT2D eigenvalue weighted by atomic mass is 10.1. The van der Waals surface area contributed by atoms with E-state index < -0.39 is 0 Å². The summed E-state index contributed by atoms with van der Waals surface area (Å²) in [6.07, 6.45) is 1.91. The van der Waals surface area contributed by atoms with E-state index in [2.05, 4.69) is 12.2 Å². The van der Waals surface area contributed by atoms with Crippen LogP contribution in [0.3, 0.4) is 0 Å². The Morgan fingerprint density at radius 2 is 1.83 bits per heavy atom. The van der Waals surface area contributed by atoms with Gasteiger partial charge >= 0.3 is 0 Å². The van der Waals surface area contributed by atoms with Gasteiger partial charge in [0.1, 0.15) is 0 Å². The minimum Gasteiger partial charge on any atom is -0.493 e. The molecule has 0 aliphatic carbocycles. The summed E-state index contributed by atoms with van der Waals surface area (Å²) in [5.41, 5.74) is 1.89. The van der Waals surface area contributed by atoms with Crippen molar-refractivity contribution < 1.29 is 19.1 Å². The second-order valence-corrected chi connectivity index (χ2v) is 7.04. The van der Waals surface area contributed by atoms with Gasteiger partial charge in [-0.2, -0.15) is 0 Å². The molecule has 0 radical (unpaired) electrons. The number of unbranched alkanes of at least 4 members (excludes halogenated alkanes) is 1. The van der Waals surface area contributed by atoms with Crippen LogP contribution in [0.5, 0.6) is 11.5 Å². The van der Waals surface area contributed by atoms with Crippen molar-refractivity contribution in [2.45, 2.75) is 26.3 Å². The number of amides is 2. The van der Waals surface area contributed by atoms with Gasteiger partial charge in [0.2, 0.25) is 0 Å². The normalized spacial score (nSPS) is 10.4. The summed E-state index contributed by atoms with van der Waals surface area (Å²) in [7, 11) is 4.81. The number of hydrogen-bond acceptors (Lipinski definition) is 4. The summed E-state index contributed by atoms with van der Waals surface area (Å²) in [4.78, 5) is 26.1. The number of halogens is 1. The van der Waals surface area contributed by atoms with Gasteiger partial charge in [-0.1, -0.05) is 37.1 Å². The van der Waals surface area contributed by atoms with Crippen molar-refractivity contribution in [3.63, 3.8) is 0 Å². The van der Waals surface area contributed by atoms with Gasteiger partial charge in [0.25, 0.3) is 11.8 Å². The monoisotopic (exact) mass is 418 g/mol. The number of carbonyl (C=O) groups is 2. The maximum absolute atomic E-state index is 12.9. The molecule has 0 spiro atoms. The third-order valence-corrected chi connectivity index (χ3v) is 4.71. The lowest BCUT2D eigenvalue weighted by Gasteiger charge is -2.19. The van der Waals surface area contributed by atoms with Crippen molar-refractivity contribution in [1.29, 1.82) is 0 Å². The summed E-state index contributed by atoms with van der Waals surface area (Å²) in [6, 6.07) is 10.3. The van der Waals surface area contributed by atoms with Crippen LogP contribution in [0.2, 0.25) is 5.02 Å². The molecule has 29 heavy (non-hydrogen) atoms. The molecule has 0 aliphatic heterocycles. The molecular weight excluding hydrogens is 392 g/mol. The number of ether oxygens (including phenoxy) is 2. The highest BCUT2D eigenvalue weighted by Crippen LogP contribution is 2.37. The molecule has 2 aromatic rings. The van der Waals surface area contributed by atoms with Gasteiger partial charge in [-0.05, 0) is 36.2 Å². The molecule has 0 bridgehead atoms. The van der Waals surface area contributed by atoms with E-state index in [1.54, 1.807) is 43.3 Å². The van der Waals surface area contributed by atoms with E-state index >= 15 is 0 Å². The SMILES string of the molecule is CCCCOc1c(Cl)cc(C(=O)N(C)Cc2ccc(C(=O)NC)cc2)cc1OC. The second-order valence-electron chi connectivity index (χ2n) is 6.63. The molecule has 2 amide bonds. The van der Waals surface area contributed by atoms with Crippen molar-refractivity contribution >= 4 is 23.4 Å². The fourth-order valence-corrected chi connectivity index (χ4v) is 3.04. The smallest absolute Gasteiger partial charge is 0.254 e. The Morgan fingerprint density at radius 3 is 2.41 bits per heavy atom. The van der Waals surface area contributed by atoms with Crippen LogP contribution in [-0.2, 0) is 6.54 Å². The molecular formula is C22H27ClN2O4. The van der Waals surface area contributed by atoms with Crippen LogP contribution in [-0.4, -0.2) is 44.5 Å². The van der Waals surface area contributed by atoms with Crippen LogP contribution in [0.25, 0.3) is 0 Å². The third-order valence-electron chi connectivity index (χ3n) is 4.43. The first-order valence-corrected chi connectivity index (χ1v) is 9.85. The molecule has 6 nitrogen and oxygen atoms in total. The Bertz CT molecular complexity index is 853. The molecule has 0 aromatic heterocycles. The molecule has 156 valence electrons. The van der Waals surface area contributed by atoms with Gasteiger partial charge in [-0.3, -0.25) is 9.59 Å². The first-order chi connectivity index (χ1) is 13.9. The Hall–Kier alpha value is -2.73. The van der Waals surface area contributed by atoms with Crippen molar-refractivity contribution in [2.24, 2.45) is 0 Å². The molecule has 2 aromatic carbocycles. The van der Waals surface area contributed by atoms with Crippen LogP contribution in [0.4, 0.5) is 0 Å². The van der Waals surface area contributed by atoms with Crippen molar-refractivity contribution in [3.8, 4) is 11.5 Å².